The molecule has 5 N–H and O–H groups in total. The number of nitrogens with one attached hydrogen (secondary N) is 4. The lowest BCUT2D eigenvalue weighted by molar-refractivity contribution is 0.549. The van der Waals surface area contributed by atoms with E-state index in [1.165, 1.54) is 0 Å². The number of anilines is 4. The molecule has 2 aromatic carbocycles. The third-order valence-electron chi connectivity index (χ3n) is 4.40. The molecule has 0 bridgehead atoms. The molecule has 2 aromatic heterocycles. The number of H-pyrrole nitrogens is 1. The van der Waals surface area contributed by atoms with Crippen molar-refractivity contribution in [2.45, 2.75) is 13.5 Å². The van der Waals surface area contributed by atoms with Crippen LogP contribution in [0.2, 0.25) is 0 Å². The molecule has 0 spiro atoms. The standard InChI is InChI=1S/C19H18BrN7O2S/c1-11-14-8-13(6-7-17(14)27-26-11)23-19-21-10-15(20)18(25-19)24-16-5-3-2-4-12(16)9-22-30(28)29/h2-8,10,22H,9H2,1H3,(H,26,27)(H,28,29)(H2,21,23,24,25). The van der Waals surface area contributed by atoms with E-state index in [2.05, 4.69) is 51.5 Å². The van der Waals surface area contributed by atoms with Gasteiger partial charge in [-0.25, -0.2) is 13.9 Å². The second-order valence-corrected chi connectivity index (χ2v) is 8.09. The van der Waals surface area contributed by atoms with Gasteiger partial charge in [0.25, 0.3) is 0 Å². The van der Waals surface area contributed by atoms with E-state index in [4.69, 9.17) is 4.55 Å². The van der Waals surface area contributed by atoms with Crippen molar-refractivity contribution < 1.29 is 8.76 Å². The third-order valence-corrected chi connectivity index (χ3v) is 5.37. The summed E-state index contributed by atoms with van der Waals surface area (Å²) in [5, 5.41) is 14.7. The SMILES string of the molecule is Cc1[nH]nc2ccc(Nc3ncc(Br)c(Nc4ccccc4CNS(=O)O)n3)cc12. The van der Waals surface area contributed by atoms with Crippen LogP contribution in [0.1, 0.15) is 11.3 Å². The molecule has 0 aliphatic carbocycles. The van der Waals surface area contributed by atoms with Crippen LogP contribution in [0.15, 0.2) is 53.1 Å². The Hall–Kier alpha value is -2.86. The lowest BCUT2D eigenvalue weighted by Gasteiger charge is -2.13. The first-order chi connectivity index (χ1) is 14.5. The van der Waals surface area contributed by atoms with Crippen LogP contribution in [0.25, 0.3) is 10.9 Å². The smallest absolute Gasteiger partial charge is 0.232 e. The van der Waals surface area contributed by atoms with E-state index in [0.29, 0.717) is 16.2 Å². The van der Waals surface area contributed by atoms with E-state index in [-0.39, 0.29) is 6.54 Å². The lowest BCUT2D eigenvalue weighted by atomic mass is 10.2. The maximum absolute atomic E-state index is 10.9. The van der Waals surface area contributed by atoms with Crippen molar-refractivity contribution >= 4 is 61.2 Å². The highest BCUT2D eigenvalue weighted by molar-refractivity contribution is 9.10. The number of rotatable bonds is 7. The number of para-hydroxylation sites is 1. The number of hydrogen-bond donors (Lipinski definition) is 5. The summed E-state index contributed by atoms with van der Waals surface area (Å²) >= 11 is 1.38. The van der Waals surface area contributed by atoms with E-state index in [1.54, 1.807) is 6.20 Å². The van der Waals surface area contributed by atoms with Gasteiger partial charge >= 0.3 is 0 Å². The molecule has 1 atom stereocenters. The fraction of sp³-hybridized carbons (Fsp3) is 0.105. The molecular weight excluding hydrogens is 470 g/mol. The number of fused-ring (bicyclic) bond motifs is 1. The van der Waals surface area contributed by atoms with E-state index in [1.807, 2.05) is 49.4 Å². The van der Waals surface area contributed by atoms with Gasteiger partial charge in [0.2, 0.25) is 17.2 Å². The Balaban J connectivity index is 1.58. The van der Waals surface area contributed by atoms with Crippen LogP contribution in [0.4, 0.5) is 23.1 Å². The number of halogens is 1. The number of hydrogen-bond acceptors (Lipinski definition) is 6. The van der Waals surface area contributed by atoms with E-state index >= 15 is 0 Å². The first-order valence-corrected chi connectivity index (χ1v) is 10.8. The van der Waals surface area contributed by atoms with Crippen LogP contribution in [-0.4, -0.2) is 28.9 Å². The summed E-state index contributed by atoms with van der Waals surface area (Å²) in [6, 6.07) is 13.3. The molecule has 0 saturated carbocycles. The Morgan fingerprint density at radius 1 is 1.20 bits per heavy atom. The molecule has 4 aromatic rings. The van der Waals surface area contributed by atoms with Crippen molar-refractivity contribution in [1.82, 2.24) is 24.9 Å². The summed E-state index contributed by atoms with van der Waals surface area (Å²) in [5.74, 6) is 0.985. The van der Waals surface area contributed by atoms with Crippen molar-refractivity contribution in [2.24, 2.45) is 0 Å². The molecule has 4 rings (SSSR count). The van der Waals surface area contributed by atoms with Crippen LogP contribution in [-0.2, 0) is 17.8 Å². The van der Waals surface area contributed by atoms with Gasteiger partial charge in [-0.2, -0.15) is 10.1 Å². The highest BCUT2D eigenvalue weighted by atomic mass is 79.9. The van der Waals surface area contributed by atoms with Gasteiger partial charge in [0, 0.05) is 35.2 Å². The maximum atomic E-state index is 10.9. The van der Waals surface area contributed by atoms with Gasteiger partial charge in [-0.05, 0) is 52.7 Å². The Morgan fingerprint density at radius 3 is 2.87 bits per heavy atom. The van der Waals surface area contributed by atoms with E-state index in [9.17, 15) is 4.21 Å². The molecule has 0 saturated heterocycles. The van der Waals surface area contributed by atoms with Crippen LogP contribution in [0, 0.1) is 6.92 Å². The van der Waals surface area contributed by atoms with Crippen molar-refractivity contribution in [3.63, 3.8) is 0 Å². The first kappa shape index (κ1) is 20.4. The van der Waals surface area contributed by atoms with Crippen LogP contribution >= 0.6 is 15.9 Å². The van der Waals surface area contributed by atoms with Crippen molar-refractivity contribution in [3.8, 4) is 0 Å². The van der Waals surface area contributed by atoms with Crippen LogP contribution in [0.5, 0.6) is 0 Å². The molecule has 1 unspecified atom stereocenters. The molecule has 2 heterocycles. The number of nitrogens with zero attached hydrogens (tertiary/aromatic N) is 3. The van der Waals surface area contributed by atoms with Crippen LogP contribution < -0.4 is 15.4 Å². The largest absolute Gasteiger partial charge is 0.339 e. The Morgan fingerprint density at radius 2 is 2.03 bits per heavy atom. The highest BCUT2D eigenvalue weighted by Gasteiger charge is 2.10. The summed E-state index contributed by atoms with van der Waals surface area (Å²) in [5.41, 5.74) is 4.31. The highest BCUT2D eigenvalue weighted by Crippen LogP contribution is 2.28. The molecule has 9 nitrogen and oxygen atoms in total. The summed E-state index contributed by atoms with van der Waals surface area (Å²) in [4.78, 5) is 8.89. The Kier molecular flexibility index (Phi) is 6.04. The summed E-state index contributed by atoms with van der Waals surface area (Å²) in [6.45, 7) is 2.19. The van der Waals surface area contributed by atoms with Crippen molar-refractivity contribution in [1.29, 1.82) is 0 Å². The first-order valence-electron chi connectivity index (χ1n) is 8.93. The quantitative estimate of drug-likeness (QED) is 0.248. The maximum Gasteiger partial charge on any atom is 0.232 e. The second-order valence-electron chi connectivity index (χ2n) is 6.45. The third kappa shape index (κ3) is 4.65. The minimum atomic E-state index is -2.09. The van der Waals surface area contributed by atoms with Gasteiger partial charge in [-0.3, -0.25) is 9.65 Å². The molecule has 154 valence electrons. The minimum absolute atomic E-state index is 0.226. The normalized spacial score (nSPS) is 12.1. The number of benzene rings is 2. The molecule has 0 radical (unpaired) electrons. The molecule has 30 heavy (non-hydrogen) atoms. The monoisotopic (exact) mass is 487 g/mol. The number of aromatic nitrogens is 4. The van der Waals surface area contributed by atoms with Gasteiger partial charge in [0.1, 0.15) is 5.82 Å². The van der Waals surface area contributed by atoms with Gasteiger partial charge in [0.15, 0.2) is 0 Å². The zero-order valence-corrected chi connectivity index (χ0v) is 18.2. The summed E-state index contributed by atoms with van der Waals surface area (Å²) < 4.78 is 23.1. The van der Waals surface area contributed by atoms with E-state index < -0.39 is 11.3 Å². The zero-order chi connectivity index (χ0) is 21.1. The molecule has 0 aliphatic rings. The van der Waals surface area contributed by atoms with Gasteiger partial charge in [0.05, 0.1) is 9.99 Å². The predicted molar refractivity (Wildman–Crippen MR) is 121 cm³/mol. The average molecular weight is 488 g/mol. The fourth-order valence-electron chi connectivity index (χ4n) is 2.92. The second kappa shape index (κ2) is 8.88. The predicted octanol–water partition coefficient (Wildman–Crippen LogP) is 4.14. The Bertz CT molecular complexity index is 1230. The summed E-state index contributed by atoms with van der Waals surface area (Å²) in [7, 11) is 0. The fourth-order valence-corrected chi connectivity index (χ4v) is 3.49. The van der Waals surface area contributed by atoms with Crippen molar-refractivity contribution in [2.75, 3.05) is 10.6 Å². The van der Waals surface area contributed by atoms with Gasteiger partial charge < -0.3 is 10.6 Å². The molecule has 0 fully saturated rings. The number of aromatic amines is 1. The molecular formula is C19H18BrN7O2S. The summed E-state index contributed by atoms with van der Waals surface area (Å²) in [6.07, 6.45) is 1.66. The zero-order valence-electron chi connectivity index (χ0n) is 15.8. The number of aryl methyl sites for hydroxylation is 1. The van der Waals surface area contributed by atoms with Gasteiger partial charge in [-0.15, -0.1) is 0 Å². The van der Waals surface area contributed by atoms with E-state index in [0.717, 1.165) is 33.5 Å². The van der Waals surface area contributed by atoms with Crippen molar-refractivity contribution in [3.05, 3.63) is 64.4 Å². The molecule has 0 amide bonds. The lowest BCUT2D eigenvalue weighted by Crippen LogP contribution is -2.16. The average Bonchev–Trinajstić information content (AvgIpc) is 3.10. The Labute approximate surface area is 183 Å². The topological polar surface area (TPSA) is 128 Å². The molecule has 11 heteroatoms. The van der Waals surface area contributed by atoms with Gasteiger partial charge in [-0.1, -0.05) is 18.2 Å². The molecule has 0 aliphatic heterocycles. The minimum Gasteiger partial charge on any atom is -0.339 e. The van der Waals surface area contributed by atoms with Crippen LogP contribution in [0.3, 0.4) is 0 Å².